The Morgan fingerprint density at radius 2 is 1.81 bits per heavy atom. The Labute approximate surface area is 98.3 Å². The van der Waals surface area contributed by atoms with Crippen molar-refractivity contribution in [2.45, 2.75) is 38.8 Å². The molecule has 1 saturated carbocycles. The van der Waals surface area contributed by atoms with Gasteiger partial charge in [-0.25, -0.2) is 0 Å². The average Bonchev–Trinajstić information content (AvgIpc) is 2.16. The molecule has 0 radical (unpaired) electrons. The molecule has 0 aromatic rings. The molecule has 1 N–H and O–H groups in total. The summed E-state index contributed by atoms with van der Waals surface area (Å²) >= 11 is 0. The van der Waals surface area contributed by atoms with Crippen LogP contribution in [-0.4, -0.2) is 45.6 Å². The number of rotatable bonds is 4. The van der Waals surface area contributed by atoms with Gasteiger partial charge in [-0.3, -0.25) is 0 Å². The van der Waals surface area contributed by atoms with Crippen LogP contribution in [0.3, 0.4) is 0 Å². The largest absolute Gasteiger partial charge is 0.378 e. The van der Waals surface area contributed by atoms with Gasteiger partial charge in [0.05, 0.1) is 5.60 Å². The molecule has 0 bridgehead atoms. The lowest BCUT2D eigenvalue weighted by atomic mass is 9.56. The Bertz CT molecular complexity index is 364. The van der Waals surface area contributed by atoms with E-state index in [0.29, 0.717) is 6.42 Å². The molecule has 0 heterocycles. The van der Waals surface area contributed by atoms with Crippen molar-refractivity contribution in [2.24, 2.45) is 5.41 Å². The number of hydrogen-bond acceptors (Lipinski definition) is 3. The molecular weight excluding hydrogens is 228 g/mol. The zero-order valence-electron chi connectivity index (χ0n) is 10.9. The van der Waals surface area contributed by atoms with Gasteiger partial charge in [0.1, 0.15) is 0 Å². The van der Waals surface area contributed by atoms with E-state index in [-0.39, 0.29) is 17.1 Å². The number of nitrogens with one attached hydrogen (secondary N) is 1. The Hall–Kier alpha value is -0.170. The van der Waals surface area contributed by atoms with Gasteiger partial charge in [-0.2, -0.15) is 17.4 Å². The zero-order valence-corrected chi connectivity index (χ0v) is 11.7. The third kappa shape index (κ3) is 1.99. The van der Waals surface area contributed by atoms with Crippen LogP contribution in [0.4, 0.5) is 0 Å². The summed E-state index contributed by atoms with van der Waals surface area (Å²) in [4.78, 5) is 0. The molecule has 0 spiro atoms. The van der Waals surface area contributed by atoms with Crippen molar-refractivity contribution in [3.63, 3.8) is 0 Å². The third-order valence-electron chi connectivity index (χ3n) is 4.05. The van der Waals surface area contributed by atoms with Crippen molar-refractivity contribution in [1.82, 2.24) is 9.03 Å². The fraction of sp³-hybridized carbons (Fsp3) is 1.00. The molecule has 2 atom stereocenters. The van der Waals surface area contributed by atoms with E-state index >= 15 is 0 Å². The van der Waals surface area contributed by atoms with E-state index in [1.54, 1.807) is 7.11 Å². The second-order valence-electron chi connectivity index (χ2n) is 5.32. The summed E-state index contributed by atoms with van der Waals surface area (Å²) in [7, 11) is 1.34. The van der Waals surface area contributed by atoms with Crippen molar-refractivity contribution < 1.29 is 13.2 Å². The lowest BCUT2D eigenvalue weighted by molar-refractivity contribution is -0.175. The first-order valence-electron chi connectivity index (χ1n) is 5.32. The minimum Gasteiger partial charge on any atom is -0.378 e. The Balaban J connectivity index is 2.76. The summed E-state index contributed by atoms with van der Waals surface area (Å²) in [5.74, 6) is 0. The minimum atomic E-state index is -3.36. The predicted octanol–water partition coefficient (Wildman–Crippen LogP) is 0.586. The van der Waals surface area contributed by atoms with Crippen molar-refractivity contribution in [3.8, 4) is 0 Å². The average molecular weight is 250 g/mol. The number of nitrogens with zero attached hydrogens (tertiary/aromatic N) is 1. The van der Waals surface area contributed by atoms with Gasteiger partial charge in [-0.1, -0.05) is 13.8 Å². The van der Waals surface area contributed by atoms with E-state index in [2.05, 4.69) is 4.72 Å². The monoisotopic (exact) mass is 250 g/mol. The quantitative estimate of drug-likeness (QED) is 0.794. The summed E-state index contributed by atoms with van der Waals surface area (Å²) < 4.78 is 32.7. The number of methoxy groups -OCH3 is 1. The van der Waals surface area contributed by atoms with E-state index in [9.17, 15) is 8.42 Å². The maximum atomic E-state index is 11.7. The van der Waals surface area contributed by atoms with Crippen LogP contribution in [0.2, 0.25) is 0 Å². The molecule has 0 saturated heterocycles. The molecule has 0 unspecified atom stereocenters. The lowest BCUT2D eigenvalue weighted by Gasteiger charge is -2.59. The molecule has 1 rings (SSSR count). The highest BCUT2D eigenvalue weighted by Crippen LogP contribution is 2.51. The predicted molar refractivity (Wildman–Crippen MR) is 63.3 cm³/mol. The Morgan fingerprint density at radius 3 is 2.12 bits per heavy atom. The molecule has 5 nitrogen and oxygen atoms in total. The second-order valence-corrected chi connectivity index (χ2v) is 7.23. The smallest absolute Gasteiger partial charge is 0.279 e. The van der Waals surface area contributed by atoms with E-state index in [4.69, 9.17) is 4.74 Å². The maximum Gasteiger partial charge on any atom is 0.279 e. The van der Waals surface area contributed by atoms with Crippen LogP contribution in [0.1, 0.15) is 27.2 Å². The summed E-state index contributed by atoms with van der Waals surface area (Å²) in [6.45, 7) is 6.04. The van der Waals surface area contributed by atoms with Gasteiger partial charge in [0.25, 0.3) is 10.2 Å². The molecule has 0 aromatic heterocycles. The van der Waals surface area contributed by atoms with E-state index < -0.39 is 10.2 Å². The molecule has 1 aliphatic carbocycles. The highest BCUT2D eigenvalue weighted by atomic mass is 32.2. The van der Waals surface area contributed by atoms with Gasteiger partial charge in [0.2, 0.25) is 0 Å². The fourth-order valence-electron chi connectivity index (χ4n) is 1.97. The molecule has 0 aromatic carbocycles. The van der Waals surface area contributed by atoms with Crippen LogP contribution in [-0.2, 0) is 14.9 Å². The van der Waals surface area contributed by atoms with Crippen LogP contribution in [0.15, 0.2) is 0 Å². The fourth-order valence-corrected chi connectivity index (χ4v) is 2.91. The van der Waals surface area contributed by atoms with Crippen molar-refractivity contribution >= 4 is 10.2 Å². The minimum absolute atomic E-state index is 0.0788. The first-order chi connectivity index (χ1) is 7.07. The normalized spacial score (nSPS) is 33.8. The van der Waals surface area contributed by atoms with Gasteiger partial charge in [-0.15, -0.1) is 0 Å². The van der Waals surface area contributed by atoms with E-state index in [0.717, 1.165) is 0 Å². The number of ether oxygens (including phenoxy) is 1. The molecule has 0 aliphatic heterocycles. The van der Waals surface area contributed by atoms with E-state index in [1.807, 2.05) is 20.8 Å². The van der Waals surface area contributed by atoms with Crippen molar-refractivity contribution in [3.05, 3.63) is 0 Å². The topological polar surface area (TPSA) is 58.6 Å². The zero-order chi connectivity index (χ0) is 12.8. The first kappa shape index (κ1) is 13.9. The lowest BCUT2D eigenvalue weighted by Crippen LogP contribution is -2.69. The Morgan fingerprint density at radius 1 is 1.31 bits per heavy atom. The highest BCUT2D eigenvalue weighted by Gasteiger charge is 2.58. The second kappa shape index (κ2) is 3.94. The van der Waals surface area contributed by atoms with Crippen molar-refractivity contribution in [1.29, 1.82) is 0 Å². The summed E-state index contributed by atoms with van der Waals surface area (Å²) in [6, 6.07) is -0.0788. The van der Waals surface area contributed by atoms with Crippen LogP contribution < -0.4 is 4.72 Å². The van der Waals surface area contributed by atoms with Gasteiger partial charge < -0.3 is 4.74 Å². The van der Waals surface area contributed by atoms with Crippen LogP contribution >= 0.6 is 0 Å². The van der Waals surface area contributed by atoms with Crippen LogP contribution in [0.25, 0.3) is 0 Å². The molecule has 96 valence electrons. The van der Waals surface area contributed by atoms with E-state index in [1.165, 1.54) is 18.4 Å². The summed E-state index contributed by atoms with van der Waals surface area (Å²) in [6.07, 6.45) is 0.698. The van der Waals surface area contributed by atoms with Crippen molar-refractivity contribution in [2.75, 3.05) is 21.2 Å². The van der Waals surface area contributed by atoms with Gasteiger partial charge in [0, 0.05) is 32.7 Å². The van der Waals surface area contributed by atoms with Gasteiger partial charge in [-0.05, 0) is 13.3 Å². The van der Waals surface area contributed by atoms with Crippen LogP contribution in [0.5, 0.6) is 0 Å². The number of hydrogen-bond donors (Lipinski definition) is 1. The molecule has 1 aliphatic rings. The molecule has 6 heteroatoms. The molecule has 1 fully saturated rings. The third-order valence-corrected chi connectivity index (χ3v) is 5.59. The first-order valence-corrected chi connectivity index (χ1v) is 6.76. The van der Waals surface area contributed by atoms with Crippen LogP contribution in [0, 0.1) is 5.41 Å². The SMILES string of the molecule is CO[C@@]1(C)C[C@@H](NS(=O)(=O)N(C)C)C1(C)C. The summed E-state index contributed by atoms with van der Waals surface area (Å²) in [5, 5.41) is 0. The van der Waals surface area contributed by atoms with Gasteiger partial charge >= 0.3 is 0 Å². The standard InChI is InChI=1S/C10H22N2O3S/c1-9(2)8(7-10(9,3)15-6)11-16(13,14)12(4)5/h8,11H,7H2,1-6H3/t8-,10+/m1/s1. The maximum absolute atomic E-state index is 11.7. The molecule has 0 amide bonds. The Kier molecular flexibility index (Phi) is 3.42. The highest BCUT2D eigenvalue weighted by molar-refractivity contribution is 7.87. The summed E-state index contributed by atoms with van der Waals surface area (Å²) in [5.41, 5.74) is -0.461. The van der Waals surface area contributed by atoms with Gasteiger partial charge in [0.15, 0.2) is 0 Å². The molecule has 16 heavy (non-hydrogen) atoms. The molecular formula is C10H22N2O3S.